The van der Waals surface area contributed by atoms with Crippen LogP contribution >= 0.6 is 15.9 Å². The molecule has 0 spiro atoms. The van der Waals surface area contributed by atoms with Crippen molar-refractivity contribution in [3.8, 4) is 5.75 Å². The van der Waals surface area contributed by atoms with Crippen molar-refractivity contribution in [3.05, 3.63) is 28.4 Å². The zero-order chi connectivity index (χ0) is 14.5. The molecule has 20 heavy (non-hydrogen) atoms. The fraction of sp³-hybridized carbons (Fsp3) is 0.400. The highest BCUT2D eigenvalue weighted by Crippen LogP contribution is 2.36. The molecule has 1 aromatic carbocycles. The van der Waals surface area contributed by atoms with Crippen molar-refractivity contribution >= 4 is 32.5 Å². The lowest BCUT2D eigenvalue weighted by molar-refractivity contribution is 0.182. The van der Waals surface area contributed by atoms with E-state index in [2.05, 4.69) is 33.2 Å². The van der Waals surface area contributed by atoms with Crippen molar-refractivity contribution in [2.75, 3.05) is 26.1 Å². The lowest BCUT2D eigenvalue weighted by Gasteiger charge is -2.14. The summed E-state index contributed by atoms with van der Waals surface area (Å²) in [5.74, 6) is 0.765. The largest absolute Gasteiger partial charge is 0.494 e. The van der Waals surface area contributed by atoms with Crippen LogP contribution in [-0.4, -0.2) is 25.7 Å². The number of ether oxygens (including phenoxy) is 2. The minimum Gasteiger partial charge on any atom is -0.494 e. The molecule has 2 aromatic rings. The number of nitrogens with zero attached hydrogens (tertiary/aromatic N) is 1. The summed E-state index contributed by atoms with van der Waals surface area (Å²) in [4.78, 5) is 4.65. The number of nitrogens with one attached hydrogen (secondary N) is 1. The average molecular weight is 339 g/mol. The molecule has 108 valence electrons. The summed E-state index contributed by atoms with van der Waals surface area (Å²) in [6.45, 7) is 3.53. The Morgan fingerprint density at radius 3 is 2.75 bits per heavy atom. The SMILES string of the molecule is CCCNc1cc(COC)nc2c(OC)ccc(Br)c12. The molecular weight excluding hydrogens is 320 g/mol. The number of methoxy groups -OCH3 is 2. The number of benzene rings is 1. The second kappa shape index (κ2) is 6.90. The van der Waals surface area contributed by atoms with E-state index in [1.54, 1.807) is 14.2 Å². The van der Waals surface area contributed by atoms with Gasteiger partial charge in [-0.15, -0.1) is 0 Å². The highest BCUT2D eigenvalue weighted by Gasteiger charge is 2.13. The van der Waals surface area contributed by atoms with E-state index in [0.29, 0.717) is 6.61 Å². The van der Waals surface area contributed by atoms with Crippen molar-refractivity contribution in [1.29, 1.82) is 0 Å². The number of hydrogen-bond donors (Lipinski definition) is 1. The summed E-state index contributed by atoms with van der Waals surface area (Å²) >= 11 is 3.60. The molecule has 0 fully saturated rings. The number of fused-ring (bicyclic) bond motifs is 1. The van der Waals surface area contributed by atoms with Gasteiger partial charge in [0.15, 0.2) is 0 Å². The molecule has 0 saturated carbocycles. The number of rotatable bonds is 6. The third-order valence-corrected chi connectivity index (χ3v) is 3.66. The monoisotopic (exact) mass is 338 g/mol. The van der Waals surface area contributed by atoms with Crippen LogP contribution in [0.4, 0.5) is 5.69 Å². The molecule has 2 rings (SSSR count). The first-order valence-corrected chi connectivity index (χ1v) is 7.39. The molecule has 4 nitrogen and oxygen atoms in total. The van der Waals surface area contributed by atoms with E-state index in [1.807, 2.05) is 18.2 Å². The maximum atomic E-state index is 5.42. The number of aromatic nitrogens is 1. The fourth-order valence-electron chi connectivity index (χ4n) is 2.11. The van der Waals surface area contributed by atoms with Gasteiger partial charge < -0.3 is 14.8 Å². The number of halogens is 1. The number of anilines is 1. The Hall–Kier alpha value is -1.33. The van der Waals surface area contributed by atoms with E-state index in [4.69, 9.17) is 9.47 Å². The molecule has 0 bridgehead atoms. The van der Waals surface area contributed by atoms with Crippen molar-refractivity contribution in [2.24, 2.45) is 0 Å². The molecule has 0 aliphatic rings. The molecule has 1 N–H and O–H groups in total. The zero-order valence-corrected chi connectivity index (χ0v) is 13.6. The standard InChI is InChI=1S/C15H19BrN2O2/c1-4-7-17-12-8-10(9-19-2)18-15-13(20-3)6-5-11(16)14(12)15/h5-6,8H,4,7,9H2,1-3H3,(H,17,18). The summed E-state index contributed by atoms with van der Waals surface area (Å²) in [6.07, 6.45) is 1.06. The Morgan fingerprint density at radius 2 is 2.10 bits per heavy atom. The van der Waals surface area contributed by atoms with Crippen molar-refractivity contribution < 1.29 is 9.47 Å². The summed E-state index contributed by atoms with van der Waals surface area (Å²) in [7, 11) is 3.33. The summed E-state index contributed by atoms with van der Waals surface area (Å²) in [6, 6.07) is 5.93. The van der Waals surface area contributed by atoms with Crippen LogP contribution in [0.1, 0.15) is 19.0 Å². The third kappa shape index (κ3) is 3.04. The van der Waals surface area contributed by atoms with Crippen LogP contribution in [0.5, 0.6) is 5.75 Å². The van der Waals surface area contributed by atoms with Crippen molar-refractivity contribution in [3.63, 3.8) is 0 Å². The van der Waals surface area contributed by atoms with Crippen LogP contribution in [0.2, 0.25) is 0 Å². The van der Waals surface area contributed by atoms with Crippen LogP contribution in [0.15, 0.2) is 22.7 Å². The lowest BCUT2D eigenvalue weighted by Crippen LogP contribution is -2.04. The van der Waals surface area contributed by atoms with Gasteiger partial charge >= 0.3 is 0 Å². The lowest BCUT2D eigenvalue weighted by atomic mass is 10.1. The van der Waals surface area contributed by atoms with Crippen molar-refractivity contribution in [1.82, 2.24) is 4.98 Å². The fourth-order valence-corrected chi connectivity index (χ4v) is 2.65. The Bertz CT molecular complexity index is 602. The summed E-state index contributed by atoms with van der Waals surface area (Å²) in [5.41, 5.74) is 2.78. The normalized spacial score (nSPS) is 10.8. The van der Waals surface area contributed by atoms with Gasteiger partial charge in [0.2, 0.25) is 0 Å². The minimum atomic E-state index is 0.479. The molecular formula is C15H19BrN2O2. The molecule has 0 aliphatic carbocycles. The minimum absolute atomic E-state index is 0.479. The maximum Gasteiger partial charge on any atom is 0.145 e. The molecule has 1 aromatic heterocycles. The van der Waals surface area contributed by atoms with Crippen molar-refractivity contribution in [2.45, 2.75) is 20.0 Å². The van der Waals surface area contributed by atoms with Crippen LogP contribution in [0.25, 0.3) is 10.9 Å². The highest BCUT2D eigenvalue weighted by molar-refractivity contribution is 9.10. The van der Waals surface area contributed by atoms with Gasteiger partial charge in [-0.25, -0.2) is 4.98 Å². The van der Waals surface area contributed by atoms with Gasteiger partial charge in [-0.3, -0.25) is 0 Å². The van der Waals surface area contributed by atoms with Gasteiger partial charge in [0.25, 0.3) is 0 Å². The second-order valence-electron chi connectivity index (χ2n) is 4.49. The average Bonchev–Trinajstić information content (AvgIpc) is 2.45. The molecule has 5 heteroatoms. The predicted molar refractivity (Wildman–Crippen MR) is 85.5 cm³/mol. The highest BCUT2D eigenvalue weighted by atomic mass is 79.9. The van der Waals surface area contributed by atoms with Gasteiger partial charge in [0, 0.05) is 29.2 Å². The first-order chi connectivity index (χ1) is 9.71. The Kier molecular flexibility index (Phi) is 5.20. The maximum absolute atomic E-state index is 5.42. The van der Waals surface area contributed by atoms with Crippen LogP contribution < -0.4 is 10.1 Å². The van der Waals surface area contributed by atoms with E-state index in [1.165, 1.54) is 0 Å². The smallest absolute Gasteiger partial charge is 0.145 e. The Morgan fingerprint density at radius 1 is 1.30 bits per heavy atom. The third-order valence-electron chi connectivity index (χ3n) is 3.00. The van der Waals surface area contributed by atoms with Crippen LogP contribution in [0.3, 0.4) is 0 Å². The molecule has 0 unspecified atom stereocenters. The first kappa shape index (κ1) is 15.1. The van der Waals surface area contributed by atoms with Gasteiger partial charge in [0.1, 0.15) is 11.3 Å². The first-order valence-electron chi connectivity index (χ1n) is 6.60. The summed E-state index contributed by atoms with van der Waals surface area (Å²) < 4.78 is 11.6. The van der Waals surface area contributed by atoms with Gasteiger partial charge in [0.05, 0.1) is 19.4 Å². The Labute approximate surface area is 127 Å². The van der Waals surface area contributed by atoms with E-state index < -0.39 is 0 Å². The van der Waals surface area contributed by atoms with Gasteiger partial charge in [-0.2, -0.15) is 0 Å². The molecule has 0 amide bonds. The quantitative estimate of drug-likeness (QED) is 0.865. The molecule has 0 atom stereocenters. The molecule has 0 aliphatic heterocycles. The topological polar surface area (TPSA) is 43.4 Å². The van der Waals surface area contributed by atoms with E-state index in [-0.39, 0.29) is 0 Å². The van der Waals surface area contributed by atoms with E-state index in [0.717, 1.165) is 45.5 Å². The van der Waals surface area contributed by atoms with Crippen LogP contribution in [0, 0.1) is 0 Å². The Balaban J connectivity index is 2.65. The second-order valence-corrected chi connectivity index (χ2v) is 5.35. The number of hydrogen-bond acceptors (Lipinski definition) is 4. The molecule has 1 heterocycles. The zero-order valence-electron chi connectivity index (χ0n) is 12.0. The predicted octanol–water partition coefficient (Wildman–Crippen LogP) is 3.97. The van der Waals surface area contributed by atoms with E-state index in [9.17, 15) is 0 Å². The van der Waals surface area contributed by atoms with Gasteiger partial charge in [-0.1, -0.05) is 22.9 Å². The number of pyridine rings is 1. The molecule has 0 saturated heterocycles. The van der Waals surface area contributed by atoms with Crippen LogP contribution in [-0.2, 0) is 11.3 Å². The van der Waals surface area contributed by atoms with Gasteiger partial charge in [-0.05, 0) is 24.6 Å². The summed E-state index contributed by atoms with van der Waals surface area (Å²) in [5, 5.41) is 4.49. The van der Waals surface area contributed by atoms with E-state index >= 15 is 0 Å². The molecule has 0 radical (unpaired) electrons.